The van der Waals surface area contributed by atoms with Crippen molar-refractivity contribution in [3.63, 3.8) is 0 Å². The lowest BCUT2D eigenvalue weighted by molar-refractivity contribution is 0.00302. The van der Waals surface area contributed by atoms with E-state index < -0.39 is 15.8 Å². The molecule has 1 saturated heterocycles. The van der Waals surface area contributed by atoms with Gasteiger partial charge >= 0.3 is 0 Å². The fourth-order valence-electron chi connectivity index (χ4n) is 3.15. The third kappa shape index (κ3) is 5.30. The number of rotatable bonds is 6. The van der Waals surface area contributed by atoms with Crippen LogP contribution in [0.4, 0.5) is 10.1 Å². The van der Waals surface area contributed by atoms with E-state index >= 15 is 0 Å². The van der Waals surface area contributed by atoms with E-state index in [1.165, 1.54) is 42.5 Å². The average Bonchev–Trinajstić information content (AvgIpc) is 2.68. The van der Waals surface area contributed by atoms with Crippen LogP contribution in [-0.4, -0.2) is 33.6 Å². The molecule has 2 atom stereocenters. The molecule has 28 heavy (non-hydrogen) atoms. The molecule has 2 N–H and O–H groups in total. The largest absolute Gasteiger partial charge is 0.378 e. The van der Waals surface area contributed by atoms with E-state index in [1.807, 2.05) is 6.92 Å². The lowest BCUT2D eigenvalue weighted by Gasteiger charge is -2.27. The Morgan fingerprint density at radius 3 is 2.68 bits per heavy atom. The van der Waals surface area contributed by atoms with Gasteiger partial charge in [0.05, 0.1) is 11.0 Å². The molecule has 0 bridgehead atoms. The van der Waals surface area contributed by atoms with Crippen molar-refractivity contribution in [2.24, 2.45) is 5.92 Å². The number of sulfonamides is 1. The number of benzene rings is 2. The molecule has 0 unspecified atom stereocenters. The number of ether oxygens (including phenoxy) is 1. The summed E-state index contributed by atoms with van der Waals surface area (Å²) in [6.07, 6.45) is 1.96. The zero-order chi connectivity index (χ0) is 20.1. The second-order valence-corrected chi connectivity index (χ2v) is 8.60. The Morgan fingerprint density at radius 1 is 1.21 bits per heavy atom. The van der Waals surface area contributed by atoms with Gasteiger partial charge in [0.15, 0.2) is 0 Å². The van der Waals surface area contributed by atoms with Gasteiger partial charge in [-0.1, -0.05) is 6.07 Å². The normalized spacial score (nSPS) is 19.8. The fraction of sp³-hybridized carbons (Fsp3) is 0.350. The summed E-state index contributed by atoms with van der Waals surface area (Å²) >= 11 is 0. The quantitative estimate of drug-likeness (QED) is 0.772. The van der Waals surface area contributed by atoms with E-state index in [0.29, 0.717) is 19.1 Å². The minimum Gasteiger partial charge on any atom is -0.378 e. The van der Waals surface area contributed by atoms with Crippen LogP contribution < -0.4 is 10.0 Å². The molecule has 1 amide bonds. The summed E-state index contributed by atoms with van der Waals surface area (Å²) in [6, 6.07) is 10.8. The van der Waals surface area contributed by atoms with Crippen LogP contribution in [0.3, 0.4) is 0 Å². The second kappa shape index (κ2) is 8.70. The summed E-state index contributed by atoms with van der Waals surface area (Å²) in [4.78, 5) is 12.4. The zero-order valence-corrected chi connectivity index (χ0v) is 16.3. The van der Waals surface area contributed by atoms with Gasteiger partial charge in [0.25, 0.3) is 15.9 Å². The molecule has 8 heteroatoms. The summed E-state index contributed by atoms with van der Waals surface area (Å²) in [5, 5.41) is 2.87. The molecule has 1 aliphatic heterocycles. The van der Waals surface area contributed by atoms with Gasteiger partial charge in [-0.3, -0.25) is 9.52 Å². The molecule has 150 valence electrons. The van der Waals surface area contributed by atoms with E-state index in [-0.39, 0.29) is 28.2 Å². The summed E-state index contributed by atoms with van der Waals surface area (Å²) in [5.74, 6) is -0.432. The molecular weight excluding hydrogens is 383 g/mol. The fourth-order valence-corrected chi connectivity index (χ4v) is 4.26. The van der Waals surface area contributed by atoms with E-state index in [4.69, 9.17) is 4.74 Å². The predicted octanol–water partition coefficient (Wildman–Crippen LogP) is 3.17. The molecule has 2 aromatic carbocycles. The minimum absolute atomic E-state index is 0.0378. The van der Waals surface area contributed by atoms with E-state index in [0.717, 1.165) is 12.8 Å². The maximum atomic E-state index is 13.0. The highest BCUT2D eigenvalue weighted by atomic mass is 32.2. The van der Waals surface area contributed by atoms with Crippen molar-refractivity contribution in [2.75, 3.05) is 17.9 Å². The molecule has 1 fully saturated rings. The molecule has 1 heterocycles. The van der Waals surface area contributed by atoms with Gasteiger partial charge in [-0.15, -0.1) is 0 Å². The van der Waals surface area contributed by atoms with Crippen LogP contribution in [0.15, 0.2) is 53.4 Å². The SMILES string of the molecule is C[C@@H]1C[C@@H](CNC(=O)c2cccc(S(=O)(=O)Nc3ccc(F)cc3)c2)CCO1. The number of carbonyl (C=O) groups excluding carboxylic acids is 1. The molecule has 2 aromatic rings. The zero-order valence-electron chi connectivity index (χ0n) is 15.5. The van der Waals surface area contributed by atoms with E-state index in [2.05, 4.69) is 10.0 Å². The lowest BCUT2D eigenvalue weighted by atomic mass is 9.96. The molecule has 3 rings (SSSR count). The number of nitrogens with one attached hydrogen (secondary N) is 2. The summed E-state index contributed by atoms with van der Waals surface area (Å²) in [6.45, 7) is 3.22. The highest BCUT2D eigenvalue weighted by Crippen LogP contribution is 2.20. The molecule has 1 aliphatic rings. The summed E-state index contributed by atoms with van der Waals surface area (Å²) < 4.78 is 46.0. The molecule has 0 radical (unpaired) electrons. The average molecular weight is 406 g/mol. The van der Waals surface area contributed by atoms with Crippen molar-refractivity contribution in [1.82, 2.24) is 5.32 Å². The number of amides is 1. The van der Waals surface area contributed by atoms with Crippen molar-refractivity contribution < 1.29 is 22.3 Å². The van der Waals surface area contributed by atoms with Crippen LogP contribution in [0, 0.1) is 11.7 Å². The van der Waals surface area contributed by atoms with Crippen molar-refractivity contribution in [1.29, 1.82) is 0 Å². The summed E-state index contributed by atoms with van der Waals surface area (Å²) in [7, 11) is -3.89. The number of halogens is 1. The number of anilines is 1. The molecule has 0 aromatic heterocycles. The molecule has 0 aliphatic carbocycles. The standard InChI is InChI=1S/C20H23FN2O4S/c1-14-11-15(9-10-27-14)13-22-20(24)16-3-2-4-19(12-16)28(25,26)23-18-7-5-17(21)6-8-18/h2-8,12,14-15,23H,9-11,13H2,1H3,(H,22,24)/t14-,15+/m1/s1. The third-order valence-electron chi connectivity index (χ3n) is 4.65. The first-order chi connectivity index (χ1) is 13.3. The Balaban J connectivity index is 1.66. The van der Waals surface area contributed by atoms with Crippen molar-refractivity contribution in [2.45, 2.75) is 30.8 Å². The highest BCUT2D eigenvalue weighted by molar-refractivity contribution is 7.92. The maximum absolute atomic E-state index is 13.0. The number of hydrogen-bond donors (Lipinski definition) is 2. The maximum Gasteiger partial charge on any atom is 0.261 e. The van der Waals surface area contributed by atoms with Crippen LogP contribution in [0.2, 0.25) is 0 Å². The van der Waals surface area contributed by atoms with Gasteiger partial charge in [0, 0.05) is 24.4 Å². The highest BCUT2D eigenvalue weighted by Gasteiger charge is 2.21. The Bertz CT molecular complexity index is 931. The Morgan fingerprint density at radius 2 is 1.96 bits per heavy atom. The van der Waals surface area contributed by atoms with Gasteiger partial charge in [-0.2, -0.15) is 0 Å². The lowest BCUT2D eigenvalue weighted by Crippen LogP contribution is -2.34. The first-order valence-corrected chi connectivity index (χ1v) is 10.6. The van der Waals surface area contributed by atoms with E-state index in [9.17, 15) is 17.6 Å². The number of hydrogen-bond acceptors (Lipinski definition) is 4. The number of carbonyl (C=O) groups is 1. The predicted molar refractivity (Wildman–Crippen MR) is 104 cm³/mol. The van der Waals surface area contributed by atoms with Crippen molar-refractivity contribution in [3.05, 3.63) is 59.9 Å². The monoisotopic (exact) mass is 406 g/mol. The van der Waals surface area contributed by atoms with Gasteiger partial charge in [0.1, 0.15) is 5.82 Å². The Hall–Kier alpha value is -2.45. The van der Waals surface area contributed by atoms with Gasteiger partial charge in [0.2, 0.25) is 0 Å². The Labute approximate surface area is 164 Å². The first kappa shape index (κ1) is 20.3. The molecule has 0 saturated carbocycles. The minimum atomic E-state index is -3.89. The molecule has 6 nitrogen and oxygen atoms in total. The molecule has 0 spiro atoms. The van der Waals surface area contributed by atoms with Crippen LogP contribution >= 0.6 is 0 Å². The van der Waals surface area contributed by atoms with E-state index in [1.54, 1.807) is 6.07 Å². The smallest absolute Gasteiger partial charge is 0.261 e. The third-order valence-corrected chi connectivity index (χ3v) is 6.03. The molecular formula is C20H23FN2O4S. The van der Waals surface area contributed by atoms with Gasteiger partial charge in [-0.05, 0) is 68.1 Å². The van der Waals surface area contributed by atoms with Crippen LogP contribution in [-0.2, 0) is 14.8 Å². The van der Waals surface area contributed by atoms with Crippen LogP contribution in [0.5, 0.6) is 0 Å². The second-order valence-electron chi connectivity index (χ2n) is 6.92. The van der Waals surface area contributed by atoms with Crippen LogP contribution in [0.25, 0.3) is 0 Å². The summed E-state index contributed by atoms with van der Waals surface area (Å²) in [5.41, 5.74) is 0.506. The van der Waals surface area contributed by atoms with Crippen molar-refractivity contribution in [3.8, 4) is 0 Å². The topological polar surface area (TPSA) is 84.5 Å². The first-order valence-electron chi connectivity index (χ1n) is 9.12. The Kier molecular flexibility index (Phi) is 6.31. The van der Waals surface area contributed by atoms with Crippen LogP contribution in [0.1, 0.15) is 30.1 Å². The van der Waals surface area contributed by atoms with Gasteiger partial charge < -0.3 is 10.1 Å². The van der Waals surface area contributed by atoms with Gasteiger partial charge in [-0.25, -0.2) is 12.8 Å². The van der Waals surface area contributed by atoms with Crippen molar-refractivity contribution >= 4 is 21.6 Å².